The zero-order valence-electron chi connectivity index (χ0n) is 20.6. The number of nitrogens with one attached hydrogen (secondary N) is 1. The standard InChI is InChI=1S/C28H27N5O4/c1-17-24(37-23-7-3-6-22(26(17)23)36-20-5-4-12-30-15-20)16-33(2)25(34)11-8-18-13-19-9-10-21(29)28(35)32-27(19)31-14-18/h3-8,11-15,21H,9-10,16,29H2,1-2H3,(H,31,32,35)/b11-8+. The summed E-state index contributed by atoms with van der Waals surface area (Å²) in [5.41, 5.74) is 9.11. The Morgan fingerprint density at radius 2 is 2.16 bits per heavy atom. The fourth-order valence-corrected chi connectivity index (χ4v) is 4.25. The van der Waals surface area contributed by atoms with E-state index in [0.717, 1.165) is 22.1 Å². The number of anilines is 1. The molecule has 0 saturated carbocycles. The first-order chi connectivity index (χ1) is 17.9. The molecule has 9 heteroatoms. The number of furan rings is 1. The Hall–Kier alpha value is -4.50. The number of hydrogen-bond donors (Lipinski definition) is 2. The van der Waals surface area contributed by atoms with Gasteiger partial charge in [-0.15, -0.1) is 0 Å². The van der Waals surface area contributed by atoms with E-state index in [1.54, 1.807) is 36.6 Å². The average Bonchev–Trinajstić information content (AvgIpc) is 3.14. The third-order valence-electron chi connectivity index (χ3n) is 6.34. The lowest BCUT2D eigenvalue weighted by molar-refractivity contribution is -0.125. The van der Waals surface area contributed by atoms with E-state index < -0.39 is 6.04 Å². The molecule has 1 unspecified atom stereocenters. The normalized spacial score (nSPS) is 15.3. The number of ether oxygens (including phenoxy) is 1. The third kappa shape index (κ3) is 5.22. The first-order valence-corrected chi connectivity index (χ1v) is 12.0. The van der Waals surface area contributed by atoms with E-state index >= 15 is 0 Å². The Labute approximate surface area is 214 Å². The molecule has 1 aliphatic heterocycles. The smallest absolute Gasteiger partial charge is 0.246 e. The molecule has 0 fully saturated rings. The Balaban J connectivity index is 1.30. The predicted octanol–water partition coefficient (Wildman–Crippen LogP) is 4.21. The summed E-state index contributed by atoms with van der Waals surface area (Å²) in [6.45, 7) is 2.25. The number of nitrogens with two attached hydrogens (primary N) is 1. The summed E-state index contributed by atoms with van der Waals surface area (Å²) in [5, 5.41) is 3.61. The second-order valence-corrected chi connectivity index (χ2v) is 9.01. The number of aromatic nitrogens is 2. The fraction of sp³-hybridized carbons (Fsp3) is 0.214. The molecular weight excluding hydrogens is 470 g/mol. The van der Waals surface area contributed by atoms with Gasteiger partial charge in [-0.25, -0.2) is 4.98 Å². The van der Waals surface area contributed by atoms with Crippen molar-refractivity contribution in [3.05, 3.63) is 83.5 Å². The lowest BCUT2D eigenvalue weighted by atomic mass is 10.1. The highest BCUT2D eigenvalue weighted by atomic mass is 16.5. The number of amides is 2. The summed E-state index contributed by atoms with van der Waals surface area (Å²) < 4.78 is 12.1. The van der Waals surface area contributed by atoms with Gasteiger partial charge in [0, 0.05) is 31.1 Å². The van der Waals surface area contributed by atoms with Crippen LogP contribution in [0.5, 0.6) is 11.5 Å². The molecule has 5 rings (SSSR count). The summed E-state index contributed by atoms with van der Waals surface area (Å²) in [5.74, 6) is 2.08. The number of benzene rings is 1. The molecule has 2 amide bonds. The number of rotatable bonds is 6. The summed E-state index contributed by atoms with van der Waals surface area (Å²) in [6, 6.07) is 10.6. The monoisotopic (exact) mass is 497 g/mol. The summed E-state index contributed by atoms with van der Waals surface area (Å²) >= 11 is 0. The van der Waals surface area contributed by atoms with Gasteiger partial charge < -0.3 is 25.1 Å². The van der Waals surface area contributed by atoms with E-state index in [2.05, 4.69) is 15.3 Å². The van der Waals surface area contributed by atoms with Crippen molar-refractivity contribution >= 4 is 34.7 Å². The topological polar surface area (TPSA) is 124 Å². The molecule has 0 aliphatic carbocycles. The van der Waals surface area contributed by atoms with Gasteiger partial charge in [0.1, 0.15) is 28.7 Å². The molecule has 4 aromatic rings. The SMILES string of the molecule is Cc1c(CN(C)C(=O)/C=C/c2cnc3c(c2)CCC(N)C(=O)N3)oc2cccc(Oc3cccnc3)c12. The molecule has 0 bridgehead atoms. The van der Waals surface area contributed by atoms with Gasteiger partial charge in [0.2, 0.25) is 11.8 Å². The average molecular weight is 498 g/mol. The molecule has 1 aromatic carbocycles. The summed E-state index contributed by atoms with van der Waals surface area (Å²) in [6.07, 6.45) is 9.35. The van der Waals surface area contributed by atoms with Crippen LogP contribution in [0.1, 0.15) is 28.9 Å². The van der Waals surface area contributed by atoms with Crippen LogP contribution >= 0.6 is 0 Å². The number of likely N-dealkylation sites (N-methyl/N-ethyl adjacent to an activating group) is 1. The Morgan fingerprint density at radius 1 is 1.30 bits per heavy atom. The second-order valence-electron chi connectivity index (χ2n) is 9.01. The van der Waals surface area contributed by atoms with Crippen molar-refractivity contribution in [2.24, 2.45) is 5.73 Å². The largest absolute Gasteiger partial charge is 0.459 e. The third-order valence-corrected chi connectivity index (χ3v) is 6.34. The summed E-state index contributed by atoms with van der Waals surface area (Å²) in [4.78, 5) is 34.8. The maximum absolute atomic E-state index is 12.9. The van der Waals surface area contributed by atoms with Crippen LogP contribution in [-0.2, 0) is 22.6 Å². The molecule has 3 N–H and O–H groups in total. The van der Waals surface area contributed by atoms with E-state index in [4.69, 9.17) is 14.9 Å². The Bertz CT molecular complexity index is 1500. The molecule has 0 saturated heterocycles. The van der Waals surface area contributed by atoms with Crippen molar-refractivity contribution in [1.29, 1.82) is 0 Å². The van der Waals surface area contributed by atoms with Crippen molar-refractivity contribution in [3.63, 3.8) is 0 Å². The minimum absolute atomic E-state index is 0.183. The molecule has 1 aliphatic rings. The number of fused-ring (bicyclic) bond motifs is 2. The van der Waals surface area contributed by atoms with Crippen LogP contribution in [0, 0.1) is 6.92 Å². The molecule has 188 valence electrons. The van der Waals surface area contributed by atoms with Crippen LogP contribution in [-0.4, -0.2) is 39.8 Å². The Morgan fingerprint density at radius 3 is 2.97 bits per heavy atom. The van der Waals surface area contributed by atoms with Crippen LogP contribution in [0.4, 0.5) is 5.82 Å². The molecule has 0 radical (unpaired) electrons. The fourth-order valence-electron chi connectivity index (χ4n) is 4.25. The maximum Gasteiger partial charge on any atom is 0.246 e. The lowest BCUT2D eigenvalue weighted by Crippen LogP contribution is -2.34. The number of pyridine rings is 2. The van der Waals surface area contributed by atoms with E-state index in [9.17, 15) is 9.59 Å². The predicted molar refractivity (Wildman–Crippen MR) is 140 cm³/mol. The molecule has 4 heterocycles. The highest BCUT2D eigenvalue weighted by Crippen LogP contribution is 2.36. The van der Waals surface area contributed by atoms with Crippen LogP contribution in [0.3, 0.4) is 0 Å². The van der Waals surface area contributed by atoms with Crippen molar-refractivity contribution in [2.45, 2.75) is 32.4 Å². The van der Waals surface area contributed by atoms with Gasteiger partial charge in [0.05, 0.1) is 24.2 Å². The van der Waals surface area contributed by atoms with Crippen LogP contribution in [0.2, 0.25) is 0 Å². The highest BCUT2D eigenvalue weighted by Gasteiger charge is 2.21. The second kappa shape index (κ2) is 10.2. The summed E-state index contributed by atoms with van der Waals surface area (Å²) in [7, 11) is 1.72. The number of carbonyl (C=O) groups excluding carboxylic acids is 2. The molecule has 0 spiro atoms. The molecule has 9 nitrogen and oxygen atoms in total. The maximum atomic E-state index is 12.9. The number of aryl methyl sites for hydroxylation is 2. The first kappa shape index (κ1) is 24.2. The van der Waals surface area contributed by atoms with Crippen molar-refractivity contribution in [2.75, 3.05) is 12.4 Å². The van der Waals surface area contributed by atoms with Crippen LogP contribution in [0.25, 0.3) is 17.0 Å². The molecule has 3 aromatic heterocycles. The van der Waals surface area contributed by atoms with E-state index in [0.29, 0.717) is 48.0 Å². The minimum Gasteiger partial charge on any atom is -0.459 e. The van der Waals surface area contributed by atoms with E-state index in [-0.39, 0.29) is 11.8 Å². The van der Waals surface area contributed by atoms with Gasteiger partial charge in [-0.1, -0.05) is 6.07 Å². The zero-order chi connectivity index (χ0) is 25.9. The molecule has 37 heavy (non-hydrogen) atoms. The first-order valence-electron chi connectivity index (χ1n) is 12.0. The number of carbonyl (C=O) groups is 2. The van der Waals surface area contributed by atoms with Crippen LogP contribution < -0.4 is 15.8 Å². The van der Waals surface area contributed by atoms with Crippen molar-refractivity contribution in [3.8, 4) is 11.5 Å². The van der Waals surface area contributed by atoms with Gasteiger partial charge in [0.25, 0.3) is 0 Å². The molecular formula is C28H27N5O4. The van der Waals surface area contributed by atoms with E-state index in [1.165, 1.54) is 6.08 Å². The van der Waals surface area contributed by atoms with Gasteiger partial charge in [-0.05, 0) is 67.3 Å². The Kier molecular flexibility index (Phi) is 6.70. The van der Waals surface area contributed by atoms with E-state index in [1.807, 2.05) is 43.3 Å². The highest BCUT2D eigenvalue weighted by molar-refractivity contribution is 5.95. The lowest BCUT2D eigenvalue weighted by Gasteiger charge is -2.14. The number of hydrogen-bond acceptors (Lipinski definition) is 7. The van der Waals surface area contributed by atoms with Gasteiger partial charge in [0.15, 0.2) is 0 Å². The van der Waals surface area contributed by atoms with Crippen LogP contribution in [0.15, 0.2) is 65.5 Å². The van der Waals surface area contributed by atoms with Gasteiger partial charge >= 0.3 is 0 Å². The number of nitrogens with zero attached hydrogens (tertiary/aromatic N) is 3. The molecule has 1 atom stereocenters. The zero-order valence-corrected chi connectivity index (χ0v) is 20.6. The minimum atomic E-state index is -0.553. The van der Waals surface area contributed by atoms with Crippen molar-refractivity contribution < 1.29 is 18.7 Å². The van der Waals surface area contributed by atoms with Crippen molar-refractivity contribution in [1.82, 2.24) is 14.9 Å². The van der Waals surface area contributed by atoms with Gasteiger partial charge in [-0.2, -0.15) is 0 Å². The van der Waals surface area contributed by atoms with Gasteiger partial charge in [-0.3, -0.25) is 14.6 Å². The quantitative estimate of drug-likeness (QED) is 0.383.